The summed E-state index contributed by atoms with van der Waals surface area (Å²) in [6.45, 7) is 2.66. The quantitative estimate of drug-likeness (QED) is 0.369. The van der Waals surface area contributed by atoms with Crippen LogP contribution < -0.4 is 0 Å². The first-order valence-electron chi connectivity index (χ1n) is 10.3. The summed E-state index contributed by atoms with van der Waals surface area (Å²) in [5.74, 6) is 1.33. The van der Waals surface area contributed by atoms with Crippen molar-refractivity contribution in [3.05, 3.63) is 43.9 Å². The van der Waals surface area contributed by atoms with E-state index in [0.717, 1.165) is 46.4 Å². The Morgan fingerprint density at radius 3 is 2.81 bits per heavy atom. The van der Waals surface area contributed by atoms with E-state index in [9.17, 15) is 9.90 Å². The first-order valence-corrected chi connectivity index (χ1v) is 13.1. The van der Waals surface area contributed by atoms with Crippen LogP contribution in [0.5, 0.6) is 5.75 Å². The summed E-state index contributed by atoms with van der Waals surface area (Å²) >= 11 is 6.87. The molecule has 0 saturated heterocycles. The SMILES string of the molecule is CCOC(=O)c1c(CSCc2cscn2)n(C2CC2)c2cc(Br)c(O)c(CN(C)C)c12. The van der Waals surface area contributed by atoms with Gasteiger partial charge in [-0.1, -0.05) is 0 Å². The number of phenols is 1. The highest BCUT2D eigenvalue weighted by molar-refractivity contribution is 9.10. The molecule has 1 fully saturated rings. The second-order valence-corrected chi connectivity index (χ2v) is 10.5. The van der Waals surface area contributed by atoms with Gasteiger partial charge in [0.2, 0.25) is 0 Å². The van der Waals surface area contributed by atoms with Gasteiger partial charge in [0.25, 0.3) is 0 Å². The zero-order valence-electron chi connectivity index (χ0n) is 17.9. The molecule has 1 N–H and O–H groups in total. The maximum atomic E-state index is 13.2. The monoisotopic (exact) mass is 523 g/mol. The van der Waals surface area contributed by atoms with Gasteiger partial charge in [0.1, 0.15) is 5.75 Å². The summed E-state index contributed by atoms with van der Waals surface area (Å²) in [7, 11) is 3.91. The van der Waals surface area contributed by atoms with Crippen LogP contribution in [0, 0.1) is 0 Å². The highest BCUT2D eigenvalue weighted by Gasteiger charge is 2.34. The number of halogens is 1. The largest absolute Gasteiger partial charge is 0.506 e. The van der Waals surface area contributed by atoms with Crippen LogP contribution in [0.2, 0.25) is 0 Å². The molecule has 0 unspecified atom stereocenters. The van der Waals surface area contributed by atoms with Crippen molar-refractivity contribution in [1.82, 2.24) is 14.5 Å². The molecular formula is C22H26BrN3O3S2. The van der Waals surface area contributed by atoms with Crippen molar-refractivity contribution >= 4 is 55.9 Å². The van der Waals surface area contributed by atoms with E-state index < -0.39 is 0 Å². The summed E-state index contributed by atoms with van der Waals surface area (Å²) < 4.78 is 8.44. The molecule has 9 heteroatoms. The molecule has 1 aliphatic rings. The number of carbonyl (C=O) groups is 1. The Hall–Kier alpha value is -1.55. The van der Waals surface area contributed by atoms with Crippen molar-refractivity contribution in [2.75, 3.05) is 20.7 Å². The fourth-order valence-corrected chi connectivity index (χ4v) is 5.97. The summed E-state index contributed by atoms with van der Waals surface area (Å²) in [4.78, 5) is 19.6. The summed E-state index contributed by atoms with van der Waals surface area (Å²) in [5, 5.41) is 13.8. The van der Waals surface area contributed by atoms with Crippen LogP contribution >= 0.6 is 39.0 Å². The Morgan fingerprint density at radius 2 is 2.19 bits per heavy atom. The number of benzene rings is 1. The zero-order valence-corrected chi connectivity index (χ0v) is 21.1. The Bertz CT molecular complexity index is 1090. The van der Waals surface area contributed by atoms with Crippen LogP contribution in [0.25, 0.3) is 10.9 Å². The number of aromatic hydroxyl groups is 1. The van der Waals surface area contributed by atoms with E-state index in [1.54, 1.807) is 23.1 Å². The van der Waals surface area contributed by atoms with E-state index >= 15 is 0 Å². The van der Waals surface area contributed by atoms with Crippen LogP contribution in [-0.2, 0) is 22.8 Å². The molecule has 3 aromatic rings. The lowest BCUT2D eigenvalue weighted by Gasteiger charge is -2.15. The first-order chi connectivity index (χ1) is 14.9. The number of thioether (sulfide) groups is 1. The number of rotatable bonds is 9. The van der Waals surface area contributed by atoms with E-state index in [1.165, 1.54) is 0 Å². The molecule has 4 rings (SSSR count). The number of phenolic OH excluding ortho intramolecular Hbond substituents is 1. The molecule has 2 heterocycles. The molecule has 0 radical (unpaired) electrons. The highest BCUT2D eigenvalue weighted by atomic mass is 79.9. The number of fused-ring (bicyclic) bond motifs is 1. The predicted octanol–water partition coefficient (Wildman–Crippen LogP) is 5.57. The number of hydrogen-bond acceptors (Lipinski definition) is 7. The number of aromatic nitrogens is 2. The van der Waals surface area contributed by atoms with Crippen LogP contribution in [0.15, 0.2) is 21.4 Å². The van der Waals surface area contributed by atoms with Gasteiger partial charge in [0, 0.05) is 46.1 Å². The predicted molar refractivity (Wildman–Crippen MR) is 130 cm³/mol. The van der Waals surface area contributed by atoms with Crippen molar-refractivity contribution in [2.24, 2.45) is 0 Å². The molecular weight excluding hydrogens is 498 g/mol. The third-order valence-corrected chi connectivity index (χ3v) is 7.48. The fourth-order valence-electron chi connectivity index (χ4n) is 3.90. The Kier molecular flexibility index (Phi) is 6.95. The van der Waals surface area contributed by atoms with Crippen molar-refractivity contribution in [3.8, 4) is 5.75 Å². The zero-order chi connectivity index (χ0) is 22.1. The lowest BCUT2D eigenvalue weighted by atomic mass is 10.0. The van der Waals surface area contributed by atoms with Gasteiger partial charge in [-0.05, 0) is 55.9 Å². The number of hydrogen-bond donors (Lipinski definition) is 1. The highest BCUT2D eigenvalue weighted by Crippen LogP contribution is 2.46. The van der Waals surface area contributed by atoms with Gasteiger partial charge >= 0.3 is 5.97 Å². The normalized spacial score (nSPS) is 14.0. The molecule has 2 aromatic heterocycles. The molecule has 1 aliphatic carbocycles. The molecule has 0 spiro atoms. The van der Waals surface area contributed by atoms with E-state index in [2.05, 4.69) is 30.9 Å². The maximum absolute atomic E-state index is 13.2. The molecule has 6 nitrogen and oxygen atoms in total. The molecule has 0 bridgehead atoms. The van der Waals surface area contributed by atoms with Crippen molar-refractivity contribution in [1.29, 1.82) is 0 Å². The number of ether oxygens (including phenoxy) is 1. The molecule has 0 atom stereocenters. The minimum atomic E-state index is -0.321. The number of nitrogens with zero attached hydrogens (tertiary/aromatic N) is 3. The number of carbonyl (C=O) groups excluding carboxylic acids is 1. The molecule has 166 valence electrons. The molecule has 0 amide bonds. The number of esters is 1. The maximum Gasteiger partial charge on any atom is 0.340 e. The Labute approximate surface area is 198 Å². The van der Waals surface area contributed by atoms with E-state index in [-0.39, 0.29) is 11.7 Å². The molecule has 1 saturated carbocycles. The Balaban J connectivity index is 1.89. The average Bonchev–Trinajstić information content (AvgIpc) is 3.31. The smallest absolute Gasteiger partial charge is 0.340 e. The van der Waals surface area contributed by atoms with Crippen molar-refractivity contribution in [3.63, 3.8) is 0 Å². The third kappa shape index (κ3) is 4.65. The fraction of sp³-hybridized carbons (Fsp3) is 0.455. The summed E-state index contributed by atoms with van der Waals surface area (Å²) in [6, 6.07) is 2.32. The third-order valence-electron chi connectivity index (χ3n) is 5.26. The molecule has 31 heavy (non-hydrogen) atoms. The molecule has 1 aromatic carbocycles. The minimum absolute atomic E-state index is 0.182. The second-order valence-electron chi connectivity index (χ2n) is 7.93. The van der Waals surface area contributed by atoms with Crippen LogP contribution in [0.1, 0.15) is 53.1 Å². The minimum Gasteiger partial charge on any atom is -0.506 e. The van der Waals surface area contributed by atoms with Gasteiger partial charge < -0.3 is 19.3 Å². The van der Waals surface area contributed by atoms with Gasteiger partial charge in [-0.15, -0.1) is 23.1 Å². The molecule has 0 aliphatic heterocycles. The van der Waals surface area contributed by atoms with Crippen molar-refractivity contribution in [2.45, 2.75) is 43.9 Å². The van der Waals surface area contributed by atoms with Gasteiger partial charge in [-0.3, -0.25) is 0 Å². The number of thiazole rings is 1. The van der Waals surface area contributed by atoms with Gasteiger partial charge in [0.15, 0.2) is 0 Å². The van der Waals surface area contributed by atoms with Gasteiger partial charge in [-0.25, -0.2) is 9.78 Å². The van der Waals surface area contributed by atoms with E-state index in [1.807, 2.05) is 37.5 Å². The van der Waals surface area contributed by atoms with Crippen LogP contribution in [0.3, 0.4) is 0 Å². The lowest BCUT2D eigenvalue weighted by Crippen LogP contribution is -2.13. The van der Waals surface area contributed by atoms with Crippen molar-refractivity contribution < 1.29 is 14.6 Å². The van der Waals surface area contributed by atoms with Crippen LogP contribution in [-0.4, -0.2) is 46.2 Å². The Morgan fingerprint density at radius 1 is 1.42 bits per heavy atom. The summed E-state index contributed by atoms with van der Waals surface area (Å²) in [5.41, 5.74) is 6.20. The lowest BCUT2D eigenvalue weighted by molar-refractivity contribution is 0.0527. The average molecular weight is 525 g/mol. The topological polar surface area (TPSA) is 67.6 Å². The first kappa shape index (κ1) is 22.6. The standard InChI is InChI=1S/C22H26BrN3O3S2/c1-4-29-22(28)20-18(11-30-9-13-10-31-12-24-13)26(14-5-6-14)17-7-16(23)21(27)15(19(17)20)8-25(2)3/h7,10,12,14,27H,4-6,8-9,11H2,1-3H3. The van der Waals surface area contributed by atoms with Crippen LogP contribution in [0.4, 0.5) is 0 Å². The van der Waals surface area contributed by atoms with E-state index in [4.69, 9.17) is 4.74 Å². The summed E-state index contributed by atoms with van der Waals surface area (Å²) in [6.07, 6.45) is 2.19. The van der Waals surface area contributed by atoms with Gasteiger partial charge in [-0.2, -0.15) is 0 Å². The van der Waals surface area contributed by atoms with Gasteiger partial charge in [0.05, 0.1) is 33.4 Å². The van der Waals surface area contributed by atoms with E-state index in [0.29, 0.717) is 35.0 Å². The second kappa shape index (κ2) is 9.52.